The average molecular weight is 475 g/mol. The molecule has 0 radical (unpaired) electrons. The number of rotatable bonds is 7. The summed E-state index contributed by atoms with van der Waals surface area (Å²) in [4.78, 5) is 26.9. The summed E-state index contributed by atoms with van der Waals surface area (Å²) >= 11 is 3.42. The summed E-state index contributed by atoms with van der Waals surface area (Å²) in [5.74, 6) is 1.18. The number of benzene rings is 2. The predicted octanol–water partition coefficient (Wildman–Crippen LogP) is 4.40. The van der Waals surface area contributed by atoms with E-state index in [4.69, 9.17) is 9.47 Å². The van der Waals surface area contributed by atoms with E-state index in [1.165, 1.54) is 6.92 Å². The number of likely N-dealkylation sites (tertiary alicyclic amines) is 1. The second-order valence-electron chi connectivity index (χ2n) is 7.37. The smallest absolute Gasteiger partial charge is 0.225 e. The Labute approximate surface area is 185 Å². The Hall–Kier alpha value is -2.54. The largest absolute Gasteiger partial charge is 0.493 e. The van der Waals surface area contributed by atoms with Gasteiger partial charge in [0.2, 0.25) is 11.8 Å². The highest BCUT2D eigenvalue weighted by atomic mass is 79.9. The van der Waals surface area contributed by atoms with E-state index >= 15 is 0 Å². The summed E-state index contributed by atoms with van der Waals surface area (Å²) in [6.45, 7) is 2.17. The molecule has 7 heteroatoms. The normalized spacial score (nSPS) is 16.8. The number of nitrogens with one attached hydrogen (secondary N) is 1. The molecule has 0 aromatic heterocycles. The van der Waals surface area contributed by atoms with Crippen LogP contribution in [0.1, 0.15) is 49.4 Å². The monoisotopic (exact) mass is 474 g/mol. The second kappa shape index (κ2) is 9.98. The van der Waals surface area contributed by atoms with Gasteiger partial charge in [0, 0.05) is 17.9 Å². The van der Waals surface area contributed by atoms with Crippen molar-refractivity contribution in [2.45, 2.75) is 38.3 Å². The van der Waals surface area contributed by atoms with Gasteiger partial charge in [-0.25, -0.2) is 0 Å². The number of halogens is 1. The van der Waals surface area contributed by atoms with Gasteiger partial charge in [0.1, 0.15) is 0 Å². The van der Waals surface area contributed by atoms with Gasteiger partial charge in [-0.2, -0.15) is 0 Å². The van der Waals surface area contributed by atoms with Crippen molar-refractivity contribution in [2.75, 3.05) is 20.8 Å². The summed E-state index contributed by atoms with van der Waals surface area (Å²) in [6, 6.07) is 13.1. The molecule has 0 aliphatic carbocycles. The van der Waals surface area contributed by atoms with Crippen molar-refractivity contribution >= 4 is 27.7 Å². The summed E-state index contributed by atoms with van der Waals surface area (Å²) in [7, 11) is 3.21. The Bertz CT molecular complexity index is 901. The lowest BCUT2D eigenvalue weighted by atomic mass is 10.0. The lowest BCUT2D eigenvalue weighted by molar-refractivity contribution is -0.133. The molecule has 0 bridgehead atoms. The number of hydrogen-bond acceptors (Lipinski definition) is 4. The zero-order valence-electron chi connectivity index (χ0n) is 17.5. The van der Waals surface area contributed by atoms with Crippen LogP contribution in [0.5, 0.6) is 11.5 Å². The topological polar surface area (TPSA) is 67.9 Å². The van der Waals surface area contributed by atoms with Crippen molar-refractivity contribution in [3.63, 3.8) is 0 Å². The first-order valence-electron chi connectivity index (χ1n) is 9.97. The summed E-state index contributed by atoms with van der Waals surface area (Å²) in [5.41, 5.74) is 1.93. The lowest BCUT2D eigenvalue weighted by Crippen LogP contribution is -2.35. The predicted molar refractivity (Wildman–Crippen MR) is 119 cm³/mol. The third-order valence-electron chi connectivity index (χ3n) is 5.39. The van der Waals surface area contributed by atoms with Crippen molar-refractivity contribution in [3.05, 3.63) is 58.1 Å². The number of carbonyl (C=O) groups is 2. The fourth-order valence-electron chi connectivity index (χ4n) is 3.96. The van der Waals surface area contributed by atoms with Crippen LogP contribution in [0.25, 0.3) is 0 Å². The van der Waals surface area contributed by atoms with E-state index in [9.17, 15) is 9.59 Å². The highest BCUT2D eigenvalue weighted by Crippen LogP contribution is 2.37. The Morgan fingerprint density at radius 1 is 1.13 bits per heavy atom. The molecule has 2 amide bonds. The molecule has 1 aliphatic heterocycles. The van der Waals surface area contributed by atoms with Crippen LogP contribution in [0.4, 0.5) is 0 Å². The van der Waals surface area contributed by atoms with E-state index in [1.807, 2.05) is 47.4 Å². The molecule has 6 nitrogen and oxygen atoms in total. The van der Waals surface area contributed by atoms with E-state index in [0.29, 0.717) is 18.0 Å². The number of methoxy groups -OCH3 is 2. The molecule has 30 heavy (non-hydrogen) atoms. The van der Waals surface area contributed by atoms with Gasteiger partial charge in [-0.15, -0.1) is 0 Å². The van der Waals surface area contributed by atoms with Gasteiger partial charge in [0.25, 0.3) is 0 Å². The van der Waals surface area contributed by atoms with Gasteiger partial charge >= 0.3 is 0 Å². The Kier molecular flexibility index (Phi) is 7.37. The third kappa shape index (κ3) is 5.14. The molecule has 1 saturated heterocycles. The minimum atomic E-state index is -0.366. The Balaban J connectivity index is 1.80. The van der Waals surface area contributed by atoms with Gasteiger partial charge in [0.05, 0.1) is 32.7 Å². The van der Waals surface area contributed by atoms with Crippen molar-refractivity contribution in [2.24, 2.45) is 0 Å². The van der Waals surface area contributed by atoms with Gasteiger partial charge in [0.15, 0.2) is 11.5 Å². The quantitative estimate of drug-likeness (QED) is 0.645. The van der Waals surface area contributed by atoms with Crippen molar-refractivity contribution < 1.29 is 19.1 Å². The van der Waals surface area contributed by atoms with Crippen LogP contribution in [0.15, 0.2) is 46.9 Å². The minimum absolute atomic E-state index is 0.0137. The molecule has 2 aromatic rings. The van der Waals surface area contributed by atoms with Crippen LogP contribution in [0.2, 0.25) is 0 Å². The molecule has 1 aliphatic rings. The van der Waals surface area contributed by atoms with Crippen LogP contribution in [-0.4, -0.2) is 37.5 Å². The molecular weight excluding hydrogens is 448 g/mol. The van der Waals surface area contributed by atoms with E-state index in [1.54, 1.807) is 14.2 Å². The molecule has 0 spiro atoms. The lowest BCUT2D eigenvalue weighted by Gasteiger charge is -2.28. The molecule has 2 unspecified atom stereocenters. The molecular formula is C23H27BrN2O4. The van der Waals surface area contributed by atoms with E-state index < -0.39 is 0 Å². The first-order chi connectivity index (χ1) is 14.4. The van der Waals surface area contributed by atoms with Gasteiger partial charge in [-0.05, 0) is 48.2 Å². The number of nitrogens with zero attached hydrogens (tertiary/aromatic N) is 1. The van der Waals surface area contributed by atoms with Crippen LogP contribution < -0.4 is 14.8 Å². The van der Waals surface area contributed by atoms with Crippen LogP contribution in [0, 0.1) is 0 Å². The highest BCUT2D eigenvalue weighted by molar-refractivity contribution is 9.10. The van der Waals surface area contributed by atoms with Crippen molar-refractivity contribution in [1.82, 2.24) is 10.2 Å². The molecule has 3 rings (SSSR count). The fourth-order valence-corrected chi connectivity index (χ4v) is 4.22. The van der Waals surface area contributed by atoms with E-state index in [0.717, 1.165) is 28.4 Å². The third-order valence-corrected chi connectivity index (χ3v) is 5.92. The molecule has 160 valence electrons. The average Bonchev–Trinajstić information content (AvgIpc) is 3.23. The zero-order chi connectivity index (χ0) is 21.7. The first-order valence-corrected chi connectivity index (χ1v) is 10.8. The van der Waals surface area contributed by atoms with Gasteiger partial charge < -0.3 is 19.7 Å². The molecule has 1 fully saturated rings. The summed E-state index contributed by atoms with van der Waals surface area (Å²) in [6.07, 6.45) is 2.04. The number of carbonyl (C=O) groups excluding carboxylic acids is 2. The van der Waals surface area contributed by atoms with Gasteiger partial charge in [-0.1, -0.05) is 34.1 Å². The minimum Gasteiger partial charge on any atom is -0.493 e. The number of amides is 2. The Morgan fingerprint density at radius 2 is 1.83 bits per heavy atom. The van der Waals surface area contributed by atoms with Crippen LogP contribution in [0.3, 0.4) is 0 Å². The molecule has 1 N–H and O–H groups in total. The summed E-state index contributed by atoms with van der Waals surface area (Å²) in [5, 5.41) is 2.92. The van der Waals surface area contributed by atoms with Crippen molar-refractivity contribution in [1.29, 1.82) is 0 Å². The SMILES string of the molecule is COc1ccc(C2CCCN2C(=O)CC(NC(C)=O)c2ccc(Br)cc2)cc1OC. The first kappa shape index (κ1) is 22.2. The standard InChI is InChI=1S/C23H27BrN2O4/c1-15(27)25-19(16-6-9-18(24)10-7-16)14-23(28)26-12-4-5-20(26)17-8-11-21(29-2)22(13-17)30-3/h6-11,13,19-20H,4-5,12,14H2,1-3H3,(H,25,27). The van der Waals surface area contributed by atoms with Crippen molar-refractivity contribution in [3.8, 4) is 11.5 Å². The zero-order valence-corrected chi connectivity index (χ0v) is 19.1. The van der Waals surface area contributed by atoms with E-state index in [2.05, 4.69) is 21.2 Å². The molecule has 2 aromatic carbocycles. The Morgan fingerprint density at radius 3 is 2.47 bits per heavy atom. The molecule has 2 atom stereocenters. The number of ether oxygens (including phenoxy) is 2. The number of hydrogen-bond donors (Lipinski definition) is 1. The maximum atomic E-state index is 13.2. The maximum Gasteiger partial charge on any atom is 0.225 e. The molecule has 0 saturated carbocycles. The highest BCUT2D eigenvalue weighted by Gasteiger charge is 2.32. The second-order valence-corrected chi connectivity index (χ2v) is 8.28. The van der Waals surface area contributed by atoms with Crippen LogP contribution in [-0.2, 0) is 9.59 Å². The maximum absolute atomic E-state index is 13.2. The fraction of sp³-hybridized carbons (Fsp3) is 0.391. The molecule has 1 heterocycles. The van der Waals surface area contributed by atoms with Crippen LogP contribution >= 0.6 is 15.9 Å². The van der Waals surface area contributed by atoms with Gasteiger partial charge in [-0.3, -0.25) is 9.59 Å². The summed E-state index contributed by atoms with van der Waals surface area (Å²) < 4.78 is 11.7. The van der Waals surface area contributed by atoms with E-state index in [-0.39, 0.29) is 30.3 Å².